The molecule has 0 aromatic heterocycles. The van der Waals surface area contributed by atoms with Crippen LogP contribution in [0.3, 0.4) is 0 Å². The number of hydrogen-bond donors (Lipinski definition) is 2. The Morgan fingerprint density at radius 2 is 1.67 bits per heavy atom. The molecule has 3 rings (SSSR count). The maximum Gasteiger partial charge on any atom is 0.352 e. The van der Waals surface area contributed by atoms with Crippen molar-refractivity contribution in [3.63, 3.8) is 0 Å². The lowest BCUT2D eigenvalue weighted by atomic mass is 10.1. The van der Waals surface area contributed by atoms with E-state index in [-0.39, 0.29) is 5.70 Å². The summed E-state index contributed by atoms with van der Waals surface area (Å²) in [7, 11) is 0. The summed E-state index contributed by atoms with van der Waals surface area (Å²) >= 11 is 3.50. The molecule has 0 unspecified atom stereocenters. The number of ether oxygens (including phenoxy) is 2. The van der Waals surface area contributed by atoms with Crippen LogP contribution in [0.15, 0.2) is 83.0 Å². The van der Waals surface area contributed by atoms with E-state index in [9.17, 15) is 14.7 Å². The number of carboxylic acids is 1. The van der Waals surface area contributed by atoms with E-state index >= 15 is 0 Å². The molecule has 0 aliphatic carbocycles. The Bertz CT molecular complexity index is 1130. The molecular weight excluding hydrogens is 486 g/mol. The van der Waals surface area contributed by atoms with Gasteiger partial charge in [-0.2, -0.15) is 0 Å². The van der Waals surface area contributed by atoms with E-state index in [0.29, 0.717) is 40.3 Å². The second kappa shape index (κ2) is 11.9. The first-order valence-corrected chi connectivity index (χ1v) is 11.2. The Labute approximate surface area is 201 Å². The first-order chi connectivity index (χ1) is 16.0. The van der Waals surface area contributed by atoms with Crippen LogP contribution in [0.2, 0.25) is 0 Å². The third kappa shape index (κ3) is 6.95. The second-order valence-electron chi connectivity index (χ2n) is 7.03. The Morgan fingerprint density at radius 1 is 1.00 bits per heavy atom. The van der Waals surface area contributed by atoms with E-state index in [4.69, 9.17) is 9.47 Å². The zero-order valence-electron chi connectivity index (χ0n) is 18.1. The SMILES string of the molecule is CCOc1cc(/C=C(/NC(=O)c2ccccc2)C(=O)O)cc(Br)c1OCCc1ccccc1. The van der Waals surface area contributed by atoms with Gasteiger partial charge in [-0.25, -0.2) is 4.79 Å². The average molecular weight is 510 g/mol. The molecule has 7 heteroatoms. The highest BCUT2D eigenvalue weighted by Gasteiger charge is 2.16. The number of carboxylic acid groups (broad SMARTS) is 1. The highest BCUT2D eigenvalue weighted by molar-refractivity contribution is 9.10. The van der Waals surface area contributed by atoms with Gasteiger partial charge in [0.1, 0.15) is 5.70 Å². The fourth-order valence-corrected chi connectivity index (χ4v) is 3.67. The number of rotatable bonds is 10. The molecule has 1 amide bonds. The summed E-state index contributed by atoms with van der Waals surface area (Å²) in [6, 6.07) is 21.8. The summed E-state index contributed by atoms with van der Waals surface area (Å²) < 4.78 is 12.3. The zero-order chi connectivity index (χ0) is 23.6. The Balaban J connectivity index is 1.81. The minimum Gasteiger partial charge on any atom is -0.490 e. The maximum atomic E-state index is 12.4. The summed E-state index contributed by atoms with van der Waals surface area (Å²) in [5, 5.41) is 12.1. The lowest BCUT2D eigenvalue weighted by molar-refractivity contribution is -0.132. The third-order valence-corrected chi connectivity index (χ3v) is 5.23. The summed E-state index contributed by atoms with van der Waals surface area (Å²) in [6.07, 6.45) is 2.11. The van der Waals surface area contributed by atoms with Gasteiger partial charge in [-0.3, -0.25) is 4.79 Å². The molecule has 6 nitrogen and oxygen atoms in total. The van der Waals surface area contributed by atoms with Crippen molar-refractivity contribution >= 4 is 33.9 Å². The number of nitrogens with one attached hydrogen (secondary N) is 1. The molecule has 0 spiro atoms. The molecule has 0 heterocycles. The van der Waals surface area contributed by atoms with Crippen molar-refractivity contribution in [3.05, 3.63) is 99.7 Å². The van der Waals surface area contributed by atoms with Crippen LogP contribution in [0, 0.1) is 0 Å². The molecule has 33 heavy (non-hydrogen) atoms. The molecule has 0 aliphatic rings. The number of hydrogen-bond acceptors (Lipinski definition) is 4. The highest BCUT2D eigenvalue weighted by Crippen LogP contribution is 2.37. The van der Waals surface area contributed by atoms with E-state index in [1.165, 1.54) is 6.08 Å². The molecule has 0 radical (unpaired) electrons. The van der Waals surface area contributed by atoms with Gasteiger partial charge in [0, 0.05) is 12.0 Å². The van der Waals surface area contributed by atoms with Gasteiger partial charge < -0.3 is 19.9 Å². The van der Waals surface area contributed by atoms with Crippen LogP contribution in [-0.2, 0) is 11.2 Å². The standard InChI is InChI=1S/C26H24BrNO5/c1-2-32-23-17-19(15-21(27)24(23)33-14-13-18-9-5-3-6-10-18)16-22(26(30)31)28-25(29)20-11-7-4-8-12-20/h3-12,15-17H,2,13-14H2,1H3,(H,28,29)(H,30,31)/b22-16+. The van der Waals surface area contributed by atoms with E-state index < -0.39 is 11.9 Å². The van der Waals surface area contributed by atoms with Crippen LogP contribution in [0.25, 0.3) is 6.08 Å². The first kappa shape index (κ1) is 24.1. The lowest BCUT2D eigenvalue weighted by Crippen LogP contribution is -2.27. The summed E-state index contributed by atoms with van der Waals surface area (Å²) in [4.78, 5) is 24.2. The van der Waals surface area contributed by atoms with Crippen molar-refractivity contribution in [1.82, 2.24) is 5.32 Å². The predicted molar refractivity (Wildman–Crippen MR) is 130 cm³/mol. The molecule has 0 saturated carbocycles. The van der Waals surface area contributed by atoms with E-state index in [1.807, 2.05) is 37.3 Å². The number of carbonyl (C=O) groups is 2. The number of aliphatic carboxylic acids is 1. The Morgan fingerprint density at radius 3 is 2.30 bits per heavy atom. The van der Waals surface area contributed by atoms with Crippen molar-refractivity contribution in [2.75, 3.05) is 13.2 Å². The van der Waals surface area contributed by atoms with Crippen LogP contribution < -0.4 is 14.8 Å². The van der Waals surface area contributed by atoms with Crippen LogP contribution in [-0.4, -0.2) is 30.2 Å². The van der Waals surface area contributed by atoms with Crippen molar-refractivity contribution in [1.29, 1.82) is 0 Å². The van der Waals surface area contributed by atoms with Crippen molar-refractivity contribution in [3.8, 4) is 11.5 Å². The molecule has 0 fully saturated rings. The first-order valence-electron chi connectivity index (χ1n) is 10.4. The van der Waals surface area contributed by atoms with E-state index in [0.717, 1.165) is 12.0 Å². The number of benzene rings is 3. The molecule has 0 bridgehead atoms. The number of halogens is 1. The predicted octanol–water partition coefficient (Wildman–Crippen LogP) is 5.32. The van der Waals surface area contributed by atoms with Gasteiger partial charge >= 0.3 is 5.97 Å². The highest BCUT2D eigenvalue weighted by atomic mass is 79.9. The minimum atomic E-state index is -1.25. The normalized spacial score (nSPS) is 11.0. The van der Waals surface area contributed by atoms with Crippen molar-refractivity contribution in [2.45, 2.75) is 13.3 Å². The molecule has 0 saturated heterocycles. The van der Waals surface area contributed by atoms with Gasteiger partial charge in [0.25, 0.3) is 5.91 Å². The molecule has 2 N–H and O–H groups in total. The molecule has 3 aromatic carbocycles. The molecule has 170 valence electrons. The van der Waals surface area contributed by atoms with Crippen LogP contribution in [0.4, 0.5) is 0 Å². The monoisotopic (exact) mass is 509 g/mol. The Hall–Kier alpha value is -3.58. The molecule has 0 aliphatic heterocycles. The van der Waals surface area contributed by atoms with E-state index in [1.54, 1.807) is 42.5 Å². The maximum absolute atomic E-state index is 12.4. The van der Waals surface area contributed by atoms with Gasteiger partial charge in [0.15, 0.2) is 11.5 Å². The zero-order valence-corrected chi connectivity index (χ0v) is 19.7. The topological polar surface area (TPSA) is 84.9 Å². The largest absolute Gasteiger partial charge is 0.490 e. The average Bonchev–Trinajstić information content (AvgIpc) is 2.81. The summed E-state index contributed by atoms with van der Waals surface area (Å²) in [6.45, 7) is 2.71. The van der Waals surface area contributed by atoms with Gasteiger partial charge in [-0.1, -0.05) is 48.5 Å². The second-order valence-corrected chi connectivity index (χ2v) is 7.88. The quantitative estimate of drug-likeness (QED) is 0.361. The lowest BCUT2D eigenvalue weighted by Gasteiger charge is -2.15. The molecule has 3 aromatic rings. The third-order valence-electron chi connectivity index (χ3n) is 4.64. The van der Waals surface area contributed by atoms with Crippen LogP contribution in [0.1, 0.15) is 28.4 Å². The molecule has 0 atom stereocenters. The van der Waals surface area contributed by atoms with Crippen LogP contribution >= 0.6 is 15.9 Å². The summed E-state index contributed by atoms with van der Waals surface area (Å²) in [5.74, 6) is -0.744. The van der Waals surface area contributed by atoms with Crippen molar-refractivity contribution < 1.29 is 24.2 Å². The summed E-state index contributed by atoms with van der Waals surface area (Å²) in [5.41, 5.74) is 1.80. The van der Waals surface area contributed by atoms with Gasteiger partial charge in [0.2, 0.25) is 0 Å². The fourth-order valence-electron chi connectivity index (χ4n) is 3.09. The van der Waals surface area contributed by atoms with Gasteiger partial charge in [0.05, 0.1) is 17.7 Å². The van der Waals surface area contributed by atoms with Gasteiger partial charge in [-0.05, 0) is 64.3 Å². The number of carbonyl (C=O) groups excluding carboxylic acids is 1. The van der Waals surface area contributed by atoms with E-state index in [2.05, 4.69) is 21.2 Å². The number of amides is 1. The van der Waals surface area contributed by atoms with Crippen molar-refractivity contribution in [2.24, 2.45) is 0 Å². The van der Waals surface area contributed by atoms with Crippen LogP contribution in [0.5, 0.6) is 11.5 Å². The molecular formula is C26H24BrNO5. The fraction of sp³-hybridized carbons (Fsp3) is 0.154. The minimum absolute atomic E-state index is 0.254. The Kier molecular flexibility index (Phi) is 8.66. The smallest absolute Gasteiger partial charge is 0.352 e. The van der Waals surface area contributed by atoms with Gasteiger partial charge in [-0.15, -0.1) is 0 Å².